The first kappa shape index (κ1) is 66.7. The first-order chi connectivity index (χ1) is 44.4. The number of benzene rings is 3. The van der Waals surface area contributed by atoms with Gasteiger partial charge in [0.2, 0.25) is 53.2 Å². The highest BCUT2D eigenvalue weighted by Gasteiger charge is 2.48. The Morgan fingerprint density at radius 1 is 0.742 bits per heavy atom. The molecular formula is C63H71F2N15O13. The fourth-order valence-corrected chi connectivity index (χ4v) is 11.8. The number of primary amides is 1. The van der Waals surface area contributed by atoms with Crippen molar-refractivity contribution in [2.75, 3.05) is 13.1 Å². The van der Waals surface area contributed by atoms with Gasteiger partial charge >= 0.3 is 5.97 Å². The summed E-state index contributed by atoms with van der Waals surface area (Å²) in [6.45, 7) is 2.00. The predicted octanol–water partition coefficient (Wildman–Crippen LogP) is 0.999. The first-order valence-corrected chi connectivity index (χ1v) is 30.2. The molecule has 9 amide bonds. The van der Waals surface area contributed by atoms with Gasteiger partial charge in [0, 0.05) is 111 Å². The van der Waals surface area contributed by atoms with E-state index in [0.29, 0.717) is 50.5 Å². The van der Waals surface area contributed by atoms with Crippen LogP contribution in [0.4, 0.5) is 8.78 Å². The zero-order valence-corrected chi connectivity index (χ0v) is 50.8. The van der Waals surface area contributed by atoms with Crippen molar-refractivity contribution >= 4 is 92.9 Å². The molecule has 1 fully saturated rings. The van der Waals surface area contributed by atoms with Crippen molar-refractivity contribution in [3.63, 3.8) is 0 Å². The molecule has 3 aliphatic rings. The predicted molar refractivity (Wildman–Crippen MR) is 329 cm³/mol. The number of phenols is 1. The zero-order valence-electron chi connectivity index (χ0n) is 50.8. The van der Waals surface area contributed by atoms with Crippen molar-refractivity contribution in [1.82, 2.24) is 67.1 Å². The normalized spacial score (nSPS) is 23.7. The lowest BCUT2D eigenvalue weighted by Gasteiger charge is -2.37. The Kier molecular flexibility index (Phi) is 21.2. The maximum atomic E-state index is 15.1. The highest BCUT2D eigenvalue weighted by Crippen LogP contribution is 2.32. The zero-order chi connectivity index (χ0) is 66.7. The van der Waals surface area contributed by atoms with Gasteiger partial charge in [-0.2, -0.15) is 0 Å². The summed E-state index contributed by atoms with van der Waals surface area (Å²) in [5.41, 5.74) is 6.91. The lowest BCUT2D eigenvalue weighted by molar-refractivity contribution is -0.147. The Bertz CT molecular complexity index is 3940. The van der Waals surface area contributed by atoms with Crippen LogP contribution in [0.5, 0.6) is 5.75 Å². The summed E-state index contributed by atoms with van der Waals surface area (Å²) >= 11 is 0. The van der Waals surface area contributed by atoms with Gasteiger partial charge in [-0.3, -0.25) is 62.4 Å². The summed E-state index contributed by atoms with van der Waals surface area (Å²) in [5, 5.41) is 47.4. The van der Waals surface area contributed by atoms with Crippen LogP contribution in [0.25, 0.3) is 21.8 Å². The number of aromatic nitrogens is 5. The van der Waals surface area contributed by atoms with Crippen LogP contribution in [-0.2, 0) is 85.0 Å². The van der Waals surface area contributed by atoms with Gasteiger partial charge in [0.25, 0.3) is 0 Å². The highest BCUT2D eigenvalue weighted by atomic mass is 19.1. The number of hydrogen-bond acceptors (Lipinski definition) is 15. The highest BCUT2D eigenvalue weighted by molar-refractivity contribution is 6.00. The number of aliphatic carboxylic acids is 1. The van der Waals surface area contributed by atoms with E-state index in [4.69, 9.17) is 5.73 Å². The third kappa shape index (κ3) is 17.0. The van der Waals surface area contributed by atoms with Crippen molar-refractivity contribution in [2.45, 2.75) is 139 Å². The topological polar surface area (TPSA) is 416 Å². The van der Waals surface area contributed by atoms with Crippen molar-refractivity contribution in [2.24, 2.45) is 16.6 Å². The Morgan fingerprint density at radius 3 is 2.04 bits per heavy atom. The van der Waals surface area contributed by atoms with E-state index in [1.165, 1.54) is 108 Å². The summed E-state index contributed by atoms with van der Waals surface area (Å²) in [4.78, 5) is 167. The molecular weight excluding hydrogens is 1210 g/mol. The van der Waals surface area contributed by atoms with Crippen LogP contribution >= 0.6 is 0 Å². The number of nitrogens with two attached hydrogens (primary N) is 1. The number of halogens is 2. The molecule has 93 heavy (non-hydrogen) atoms. The van der Waals surface area contributed by atoms with Crippen LogP contribution in [0, 0.1) is 17.6 Å². The molecule has 490 valence electrons. The van der Waals surface area contributed by atoms with E-state index in [2.05, 4.69) is 62.5 Å². The standard InChI is InChI=1S/C63H71F2N15O13/c1-33(81)71-50-26-41-32-79(78-77-41)17-3-5-47(56(66)87)76-62(93)63(2)15-4-18-80(63)61(92)52(19-34-6-10-42(82)11-7-34)75-59(90)49(20-35-14-16-67-28-35)74-60(91)51(27-55(85)86)73-57(88)36(21-37-29-68-45-12-8-39(64)24-43(37)45)23-53(83)48(72-54(84)31-70-58(50)89)22-38-30-69-46-13-9-40(65)25-44(38)46/h6-13,16,24-25,28-30,32,36,47-52,68-69,82H,3-5,14-15,17-23,26-27,31H2,1-2H3,(H2,66,87)(H,70,89)(H,71,81)(H,72,84)(H,73,88)(H,74,91)(H,75,90)(H,76,93)(H,85,86)/t36-,47+,48+,49+,50-,51+,52+,63+/m1/s1. The molecule has 13 N–H and O–H groups in total. The number of aryl methyl sites for hydroxylation is 1. The number of carboxylic acid groups (broad SMARTS) is 1. The van der Waals surface area contributed by atoms with Crippen molar-refractivity contribution in [1.29, 1.82) is 0 Å². The Hall–Kier alpha value is -10.7. The molecule has 28 nitrogen and oxygen atoms in total. The molecule has 1 saturated heterocycles. The van der Waals surface area contributed by atoms with Crippen LogP contribution in [0.1, 0.15) is 87.6 Å². The summed E-state index contributed by atoms with van der Waals surface area (Å²) < 4.78 is 31.1. The molecule has 0 saturated carbocycles. The maximum Gasteiger partial charge on any atom is 0.305 e. The number of Topliss-reactive ketones (excluding diaryl/α,β-unsaturated/α-hetero) is 1. The number of aliphatic imine (C=N–C) groups is 1. The number of carbonyl (C=O) groups is 11. The third-order valence-electron chi connectivity index (χ3n) is 16.8. The molecule has 0 unspecified atom stereocenters. The van der Waals surface area contributed by atoms with Gasteiger partial charge < -0.3 is 68.0 Å². The van der Waals surface area contributed by atoms with Gasteiger partial charge in [-0.15, -0.1) is 5.10 Å². The molecule has 3 aromatic heterocycles. The Balaban J connectivity index is 1.08. The van der Waals surface area contributed by atoms with Crippen LogP contribution < -0.4 is 43.0 Å². The number of H-pyrrole nitrogens is 2. The summed E-state index contributed by atoms with van der Waals surface area (Å²) in [7, 11) is 0. The van der Waals surface area contributed by atoms with E-state index in [1.54, 1.807) is 0 Å². The second kappa shape index (κ2) is 29.5. The lowest BCUT2D eigenvalue weighted by atomic mass is 9.89. The number of amides is 9. The minimum Gasteiger partial charge on any atom is -0.508 e. The summed E-state index contributed by atoms with van der Waals surface area (Å²) in [6.07, 6.45) is 4.93. The number of hydrogen-bond donors (Lipinski definition) is 12. The van der Waals surface area contributed by atoms with Crippen LogP contribution in [0.15, 0.2) is 96.0 Å². The van der Waals surface area contributed by atoms with Crippen LogP contribution in [0.3, 0.4) is 0 Å². The van der Waals surface area contributed by atoms with Gasteiger partial charge in [-0.25, -0.2) is 8.78 Å². The molecule has 0 radical (unpaired) electrons. The van der Waals surface area contributed by atoms with Crippen LogP contribution in [-0.4, -0.2) is 166 Å². The van der Waals surface area contributed by atoms with E-state index in [-0.39, 0.29) is 82.3 Å². The molecule has 2 bridgehead atoms. The van der Waals surface area contributed by atoms with Gasteiger partial charge in [0.15, 0.2) is 5.78 Å². The first-order valence-electron chi connectivity index (χ1n) is 30.2. The second-order valence-corrected chi connectivity index (χ2v) is 23.7. The average Bonchev–Trinajstić information content (AvgIpc) is 1.71. The molecule has 0 spiro atoms. The van der Waals surface area contributed by atoms with E-state index in [0.717, 1.165) is 6.92 Å². The quantitative estimate of drug-likeness (QED) is 0.0813. The molecule has 8 atom stereocenters. The Morgan fingerprint density at radius 2 is 1.40 bits per heavy atom. The Labute approximate surface area is 529 Å². The number of aromatic amines is 2. The molecule has 3 aliphatic heterocycles. The van der Waals surface area contributed by atoms with Crippen molar-refractivity contribution in [3.05, 3.63) is 125 Å². The largest absolute Gasteiger partial charge is 0.508 e. The number of nitrogens with one attached hydrogen (secondary N) is 9. The minimum atomic E-state index is -1.98. The number of aromatic hydroxyl groups is 1. The monoisotopic (exact) mass is 1280 g/mol. The lowest BCUT2D eigenvalue weighted by Crippen LogP contribution is -2.63. The number of carbonyl (C=O) groups excluding carboxylic acids is 10. The number of fused-ring (bicyclic) bond motifs is 5. The van der Waals surface area contributed by atoms with Crippen molar-refractivity contribution < 1.29 is 71.7 Å². The van der Waals surface area contributed by atoms with Gasteiger partial charge in [0.1, 0.15) is 53.1 Å². The number of rotatable bonds is 12. The summed E-state index contributed by atoms with van der Waals surface area (Å²) in [6, 6.07) is 4.18. The van der Waals surface area contributed by atoms with Gasteiger partial charge in [0.05, 0.1) is 24.7 Å². The fourth-order valence-electron chi connectivity index (χ4n) is 11.8. The maximum absolute atomic E-state index is 15.1. The SMILES string of the molecule is CC(=O)N[C@@H]1Cc2cn(nn2)CCC[C@@H](C(N)=O)NC(=O)[C@]2(C)CCCN2C(=O)[C@H](Cc2ccc(O)cc2)NC(=O)[C@H](CC2=CN=CC2)NC(=O)[C@H](CC(=O)O)NC(=O)[C@H](Cc2c[nH]c3ccc(F)cc23)CC(=O)[C@H](Cc2c[nH]c3ccc(F)cc23)NC(=O)CNC1=O. The minimum absolute atomic E-state index is 0.0103. The van der Waals surface area contributed by atoms with E-state index in [1.807, 2.05) is 0 Å². The number of phenolic OH excluding ortho intramolecular Hbond substituents is 1. The summed E-state index contributed by atoms with van der Waals surface area (Å²) in [5.74, 6) is -13.4. The molecule has 0 aliphatic carbocycles. The van der Waals surface area contributed by atoms with E-state index < -0.39 is 144 Å². The molecule has 3 aromatic carbocycles. The molecule has 6 aromatic rings. The average molecular weight is 1280 g/mol. The number of ketones is 1. The smallest absolute Gasteiger partial charge is 0.305 e. The van der Waals surface area contributed by atoms with Gasteiger partial charge in [-0.05, 0) is 116 Å². The molecule has 6 heterocycles. The fraction of sp³-hybridized carbons (Fsp3) is 0.397. The van der Waals surface area contributed by atoms with Crippen LogP contribution in [0.2, 0.25) is 0 Å². The van der Waals surface area contributed by atoms with Gasteiger partial charge in [-0.1, -0.05) is 17.3 Å². The van der Waals surface area contributed by atoms with E-state index in [9.17, 15) is 57.4 Å². The number of nitrogens with zero attached hydrogens (tertiary/aromatic N) is 5. The second-order valence-electron chi connectivity index (χ2n) is 23.7. The number of carboxylic acids is 1. The molecule has 30 heteroatoms. The van der Waals surface area contributed by atoms with E-state index >= 15 is 14.4 Å². The molecule has 9 rings (SSSR count). The van der Waals surface area contributed by atoms with Crippen molar-refractivity contribution in [3.8, 4) is 5.75 Å². The third-order valence-corrected chi connectivity index (χ3v) is 16.8.